The zero-order valence-electron chi connectivity index (χ0n) is 15.8. The molecule has 158 valence electrons. The predicted octanol–water partition coefficient (Wildman–Crippen LogP) is 3.54. The number of sulfonamides is 1. The van der Waals surface area contributed by atoms with Gasteiger partial charge in [-0.05, 0) is 23.8 Å². The van der Waals surface area contributed by atoms with Crippen LogP contribution in [-0.2, 0) is 10.0 Å². The smallest absolute Gasteiger partial charge is 0.337 e. The number of benzene rings is 3. The second-order valence-electron chi connectivity index (χ2n) is 6.17. The van der Waals surface area contributed by atoms with Crippen LogP contribution in [0, 0.1) is 10.1 Å². The average molecular weight is 440 g/mol. The van der Waals surface area contributed by atoms with Crippen molar-refractivity contribution in [2.24, 2.45) is 5.10 Å². The molecule has 11 heteroatoms. The van der Waals surface area contributed by atoms with Crippen molar-refractivity contribution in [3.05, 3.63) is 94.0 Å². The lowest BCUT2D eigenvalue weighted by Gasteiger charge is -2.13. The molecule has 0 saturated heterocycles. The van der Waals surface area contributed by atoms with Gasteiger partial charge in [-0.3, -0.25) is 20.3 Å². The lowest BCUT2D eigenvalue weighted by molar-refractivity contribution is -0.385. The van der Waals surface area contributed by atoms with Crippen LogP contribution < -0.4 is 10.1 Å². The van der Waals surface area contributed by atoms with Crippen LogP contribution in [0.3, 0.4) is 0 Å². The number of aromatic carboxylic acids is 1. The first-order valence-corrected chi connectivity index (χ1v) is 10.2. The Balaban J connectivity index is 1.99. The number of non-ortho nitro benzene ring substituents is 1. The molecule has 0 aliphatic carbocycles. The predicted molar refractivity (Wildman–Crippen MR) is 115 cm³/mol. The maximum absolute atomic E-state index is 13.0. The summed E-state index contributed by atoms with van der Waals surface area (Å²) in [6.45, 7) is 0. The molecule has 0 aromatic heterocycles. The molecular weight excluding hydrogens is 424 g/mol. The minimum absolute atomic E-state index is 0.0295. The number of hydrogen-bond donors (Lipinski definition) is 3. The number of hydrogen-bond acceptors (Lipinski definition) is 7. The second-order valence-corrected chi connectivity index (χ2v) is 7.83. The molecular formula is C20H16N4O6S. The molecule has 10 nitrogen and oxygen atoms in total. The minimum atomic E-state index is -4.41. The molecule has 3 aromatic carbocycles. The van der Waals surface area contributed by atoms with Gasteiger partial charge in [0.1, 0.15) is 4.90 Å². The molecule has 3 aromatic rings. The third-order valence-corrected chi connectivity index (χ3v) is 5.47. The van der Waals surface area contributed by atoms with Crippen LogP contribution in [0.25, 0.3) is 0 Å². The van der Waals surface area contributed by atoms with E-state index < -0.39 is 31.5 Å². The van der Waals surface area contributed by atoms with Crippen molar-refractivity contribution in [1.82, 2.24) is 0 Å². The summed E-state index contributed by atoms with van der Waals surface area (Å²) in [5, 5.41) is 24.4. The standard InChI is InChI=1S/C20H16N4O6S/c25-20(26)16-8-4-5-9-17(16)23-31(29,30)19-12-15(24(27)28)10-11-18(19)22-21-13-14-6-2-1-3-7-14/h1-13,22-23H,(H,25,26)/b21-13+. The van der Waals surface area contributed by atoms with Crippen molar-refractivity contribution in [2.75, 3.05) is 10.1 Å². The number of para-hydroxylation sites is 1. The Bertz CT molecular complexity index is 1260. The van der Waals surface area contributed by atoms with E-state index in [1.54, 1.807) is 24.3 Å². The number of carboxylic acid groups (broad SMARTS) is 1. The Morgan fingerprint density at radius 2 is 1.68 bits per heavy atom. The van der Waals surface area contributed by atoms with Gasteiger partial charge in [-0.2, -0.15) is 5.10 Å². The lowest BCUT2D eigenvalue weighted by atomic mass is 10.2. The molecule has 3 rings (SSSR count). The largest absolute Gasteiger partial charge is 0.478 e. The van der Waals surface area contributed by atoms with Crippen LogP contribution in [0.4, 0.5) is 17.1 Å². The fraction of sp³-hybridized carbons (Fsp3) is 0. The fourth-order valence-electron chi connectivity index (χ4n) is 2.61. The molecule has 0 bridgehead atoms. The zero-order valence-corrected chi connectivity index (χ0v) is 16.6. The van der Waals surface area contributed by atoms with E-state index in [4.69, 9.17) is 0 Å². The van der Waals surface area contributed by atoms with Gasteiger partial charge < -0.3 is 5.11 Å². The first kappa shape index (κ1) is 21.5. The van der Waals surface area contributed by atoms with Crippen molar-refractivity contribution in [3.63, 3.8) is 0 Å². The lowest BCUT2D eigenvalue weighted by Crippen LogP contribution is -2.17. The summed E-state index contributed by atoms with van der Waals surface area (Å²) in [5.41, 5.74) is 2.38. The van der Waals surface area contributed by atoms with Crippen molar-refractivity contribution in [2.45, 2.75) is 4.90 Å². The minimum Gasteiger partial charge on any atom is -0.478 e. The number of hydrazone groups is 1. The Kier molecular flexibility index (Phi) is 6.26. The summed E-state index contributed by atoms with van der Waals surface area (Å²) in [4.78, 5) is 21.3. The monoisotopic (exact) mass is 440 g/mol. The van der Waals surface area contributed by atoms with Gasteiger partial charge in [0.2, 0.25) is 0 Å². The Labute approximate surface area is 177 Å². The number of anilines is 2. The van der Waals surface area contributed by atoms with Crippen LogP contribution >= 0.6 is 0 Å². The fourth-order valence-corrected chi connectivity index (χ4v) is 3.87. The number of nitrogens with one attached hydrogen (secondary N) is 2. The summed E-state index contributed by atoms with van der Waals surface area (Å²) in [5.74, 6) is -1.33. The van der Waals surface area contributed by atoms with Gasteiger partial charge in [-0.1, -0.05) is 42.5 Å². The van der Waals surface area contributed by atoms with Crippen molar-refractivity contribution < 1.29 is 23.2 Å². The molecule has 0 fully saturated rings. The van der Waals surface area contributed by atoms with E-state index in [-0.39, 0.29) is 16.9 Å². The van der Waals surface area contributed by atoms with Gasteiger partial charge in [0.15, 0.2) is 0 Å². The highest BCUT2D eigenvalue weighted by molar-refractivity contribution is 7.93. The van der Waals surface area contributed by atoms with E-state index in [0.29, 0.717) is 0 Å². The maximum atomic E-state index is 13.0. The average Bonchev–Trinajstić information content (AvgIpc) is 2.74. The van der Waals surface area contributed by atoms with E-state index in [1.807, 2.05) is 6.07 Å². The SMILES string of the molecule is O=C(O)c1ccccc1NS(=O)(=O)c1cc([N+](=O)[O-])ccc1N/N=C/c1ccccc1. The third kappa shape index (κ3) is 5.22. The summed E-state index contributed by atoms with van der Waals surface area (Å²) >= 11 is 0. The second kappa shape index (κ2) is 9.05. The van der Waals surface area contributed by atoms with Gasteiger partial charge in [-0.15, -0.1) is 0 Å². The number of nitro groups is 1. The molecule has 0 spiro atoms. The van der Waals surface area contributed by atoms with Gasteiger partial charge in [0.05, 0.1) is 28.1 Å². The topological polar surface area (TPSA) is 151 Å². The number of carbonyl (C=O) groups is 1. The van der Waals surface area contributed by atoms with Crippen LogP contribution in [0.2, 0.25) is 0 Å². The zero-order chi connectivity index (χ0) is 22.4. The first-order chi connectivity index (χ1) is 14.8. The summed E-state index contributed by atoms with van der Waals surface area (Å²) < 4.78 is 28.1. The summed E-state index contributed by atoms with van der Waals surface area (Å²) in [6, 6.07) is 17.6. The van der Waals surface area contributed by atoms with Crippen molar-refractivity contribution >= 4 is 39.3 Å². The molecule has 0 heterocycles. The molecule has 0 saturated carbocycles. The number of rotatable bonds is 8. The molecule has 0 amide bonds. The molecule has 31 heavy (non-hydrogen) atoms. The van der Waals surface area contributed by atoms with E-state index in [0.717, 1.165) is 17.7 Å². The van der Waals surface area contributed by atoms with Gasteiger partial charge in [0.25, 0.3) is 15.7 Å². The van der Waals surface area contributed by atoms with E-state index in [9.17, 15) is 28.4 Å². The van der Waals surface area contributed by atoms with Gasteiger partial charge >= 0.3 is 5.97 Å². The molecule has 0 aliphatic rings. The maximum Gasteiger partial charge on any atom is 0.337 e. The van der Waals surface area contributed by atoms with E-state index in [1.165, 1.54) is 36.5 Å². The Hall–Kier alpha value is -4.25. The third-order valence-electron chi connectivity index (χ3n) is 4.07. The van der Waals surface area contributed by atoms with Crippen LogP contribution in [-0.4, -0.2) is 30.6 Å². The molecule has 0 unspecified atom stereocenters. The van der Waals surface area contributed by atoms with Crippen LogP contribution in [0.1, 0.15) is 15.9 Å². The number of nitrogens with zero attached hydrogens (tertiary/aromatic N) is 2. The first-order valence-electron chi connectivity index (χ1n) is 8.75. The Morgan fingerprint density at radius 3 is 2.35 bits per heavy atom. The summed E-state index contributed by atoms with van der Waals surface area (Å²) in [6.07, 6.45) is 1.45. The number of carboxylic acids is 1. The molecule has 0 aliphatic heterocycles. The Morgan fingerprint density at radius 1 is 1.00 bits per heavy atom. The normalized spacial score (nSPS) is 11.2. The molecule has 0 atom stereocenters. The van der Waals surface area contributed by atoms with Gasteiger partial charge in [-0.25, -0.2) is 13.2 Å². The quantitative estimate of drug-likeness (QED) is 0.275. The van der Waals surface area contributed by atoms with E-state index >= 15 is 0 Å². The highest BCUT2D eigenvalue weighted by atomic mass is 32.2. The van der Waals surface area contributed by atoms with Crippen LogP contribution in [0.5, 0.6) is 0 Å². The van der Waals surface area contributed by atoms with Gasteiger partial charge in [0, 0.05) is 12.1 Å². The molecule has 0 radical (unpaired) electrons. The highest BCUT2D eigenvalue weighted by Gasteiger charge is 2.24. The van der Waals surface area contributed by atoms with Crippen molar-refractivity contribution in [3.8, 4) is 0 Å². The van der Waals surface area contributed by atoms with Crippen LogP contribution in [0.15, 0.2) is 82.8 Å². The van der Waals surface area contributed by atoms with E-state index in [2.05, 4.69) is 15.2 Å². The highest BCUT2D eigenvalue weighted by Crippen LogP contribution is 2.29. The number of nitro benzene ring substituents is 1. The van der Waals surface area contributed by atoms with Crippen molar-refractivity contribution in [1.29, 1.82) is 0 Å². The molecule has 3 N–H and O–H groups in total. The summed E-state index contributed by atoms with van der Waals surface area (Å²) in [7, 11) is -4.41.